The topological polar surface area (TPSA) is 80.9 Å². The Morgan fingerprint density at radius 2 is 1.90 bits per heavy atom. The monoisotopic (exact) mass is 408 g/mol. The van der Waals surface area contributed by atoms with Gasteiger partial charge in [0.1, 0.15) is 5.76 Å². The molecule has 3 aromatic rings. The van der Waals surface area contributed by atoms with Gasteiger partial charge in [-0.15, -0.1) is 0 Å². The normalized spacial score (nSPS) is 11.2. The molecule has 2 aromatic heterocycles. The van der Waals surface area contributed by atoms with Crippen LogP contribution in [-0.4, -0.2) is 24.1 Å². The summed E-state index contributed by atoms with van der Waals surface area (Å²) < 4.78 is 17.2. The van der Waals surface area contributed by atoms with Gasteiger partial charge in [-0.1, -0.05) is 25.1 Å². The first-order chi connectivity index (χ1) is 14.8. The lowest BCUT2D eigenvalue weighted by molar-refractivity contribution is 0.300. The molecule has 0 aliphatic rings. The Morgan fingerprint density at radius 3 is 2.67 bits per heavy atom. The summed E-state index contributed by atoms with van der Waals surface area (Å²) in [6.07, 6.45) is 4.29. The van der Waals surface area contributed by atoms with Gasteiger partial charge in [0.15, 0.2) is 17.5 Å². The second-order valence-corrected chi connectivity index (χ2v) is 6.49. The lowest BCUT2D eigenvalue weighted by atomic mass is 10.2. The zero-order valence-corrected chi connectivity index (χ0v) is 17.4. The summed E-state index contributed by atoms with van der Waals surface area (Å²) in [6, 6.07) is 15.2. The number of rotatable bonds is 10. The van der Waals surface area contributed by atoms with E-state index < -0.39 is 0 Å². The van der Waals surface area contributed by atoms with Crippen LogP contribution in [0.4, 0.5) is 0 Å². The zero-order valence-electron chi connectivity index (χ0n) is 17.4. The molecule has 2 N–H and O–H groups in total. The predicted molar refractivity (Wildman–Crippen MR) is 117 cm³/mol. The highest BCUT2D eigenvalue weighted by molar-refractivity contribution is 5.79. The van der Waals surface area contributed by atoms with Gasteiger partial charge in [0.25, 0.3) is 0 Å². The van der Waals surface area contributed by atoms with E-state index in [-0.39, 0.29) is 0 Å². The summed E-state index contributed by atoms with van der Waals surface area (Å²) in [6.45, 7) is 6.44. The molecule has 7 nitrogen and oxygen atoms in total. The van der Waals surface area contributed by atoms with E-state index in [0.29, 0.717) is 43.0 Å². The number of para-hydroxylation sites is 2. The van der Waals surface area contributed by atoms with Crippen LogP contribution in [-0.2, 0) is 13.1 Å². The van der Waals surface area contributed by atoms with Crippen molar-refractivity contribution in [2.24, 2.45) is 4.99 Å². The van der Waals surface area contributed by atoms with Crippen molar-refractivity contribution in [1.82, 2.24) is 15.6 Å². The number of hydrogen-bond acceptors (Lipinski definition) is 5. The highest BCUT2D eigenvalue weighted by Gasteiger charge is 2.10. The molecule has 3 rings (SSSR count). The maximum Gasteiger partial charge on any atom is 0.224 e. The largest absolute Gasteiger partial charge is 0.490 e. The van der Waals surface area contributed by atoms with E-state index in [0.717, 1.165) is 24.3 Å². The smallest absolute Gasteiger partial charge is 0.224 e. The van der Waals surface area contributed by atoms with Crippen LogP contribution < -0.4 is 20.1 Å². The number of aromatic nitrogens is 1. The van der Waals surface area contributed by atoms with Gasteiger partial charge in [-0.3, -0.25) is 0 Å². The fourth-order valence-corrected chi connectivity index (χ4v) is 2.70. The lowest BCUT2D eigenvalue weighted by Gasteiger charge is -2.14. The van der Waals surface area contributed by atoms with Crippen molar-refractivity contribution in [2.75, 3.05) is 13.2 Å². The van der Waals surface area contributed by atoms with Crippen LogP contribution in [0.25, 0.3) is 0 Å². The molecule has 0 atom stereocenters. The van der Waals surface area contributed by atoms with Crippen molar-refractivity contribution in [3.05, 3.63) is 72.3 Å². The third-order valence-electron chi connectivity index (χ3n) is 4.13. The molecule has 0 saturated heterocycles. The summed E-state index contributed by atoms with van der Waals surface area (Å²) in [7, 11) is 0. The van der Waals surface area contributed by atoms with Gasteiger partial charge in [0.05, 0.1) is 26.0 Å². The van der Waals surface area contributed by atoms with Crippen LogP contribution >= 0.6 is 0 Å². The molecule has 7 heteroatoms. The number of ether oxygens (including phenoxy) is 2. The summed E-state index contributed by atoms with van der Waals surface area (Å²) in [5.74, 6) is 3.38. The molecular weight excluding hydrogens is 380 g/mol. The Kier molecular flexibility index (Phi) is 8.14. The van der Waals surface area contributed by atoms with Crippen molar-refractivity contribution < 1.29 is 13.9 Å². The summed E-state index contributed by atoms with van der Waals surface area (Å²) >= 11 is 0. The SMILES string of the molecule is CCCOc1ccccc1Oc1ncccc1CN=C(NCC)NCc1ccco1. The number of aliphatic imine (C=N–C) groups is 1. The number of nitrogens with zero attached hydrogens (tertiary/aromatic N) is 2. The van der Waals surface area contributed by atoms with Crippen molar-refractivity contribution in [3.63, 3.8) is 0 Å². The van der Waals surface area contributed by atoms with Crippen LogP contribution in [0.2, 0.25) is 0 Å². The first-order valence-corrected chi connectivity index (χ1v) is 10.2. The first-order valence-electron chi connectivity index (χ1n) is 10.2. The molecule has 30 heavy (non-hydrogen) atoms. The van der Waals surface area contributed by atoms with Crippen LogP contribution in [0.1, 0.15) is 31.6 Å². The van der Waals surface area contributed by atoms with Crippen molar-refractivity contribution in [3.8, 4) is 17.4 Å². The molecule has 0 fully saturated rings. The van der Waals surface area contributed by atoms with Gasteiger partial charge in [-0.25, -0.2) is 9.98 Å². The average molecular weight is 409 g/mol. The fraction of sp³-hybridized carbons (Fsp3) is 0.304. The second kappa shape index (κ2) is 11.5. The molecule has 0 unspecified atom stereocenters. The third kappa shape index (κ3) is 6.27. The Labute approximate surface area is 177 Å². The van der Waals surface area contributed by atoms with Crippen LogP contribution in [0, 0.1) is 0 Å². The standard InChI is InChI=1S/C23H28N4O3/c1-3-14-29-20-11-5-6-12-21(20)30-22-18(9-7-13-25-22)16-26-23(24-4-2)27-17-19-10-8-15-28-19/h5-13,15H,3-4,14,16-17H2,1-2H3,(H2,24,26,27). The maximum atomic E-state index is 6.09. The summed E-state index contributed by atoms with van der Waals surface area (Å²) in [5.41, 5.74) is 0.873. The molecule has 0 spiro atoms. The second-order valence-electron chi connectivity index (χ2n) is 6.49. The van der Waals surface area contributed by atoms with Gasteiger partial charge in [0.2, 0.25) is 5.88 Å². The molecule has 2 heterocycles. The Bertz CT molecular complexity index is 926. The van der Waals surface area contributed by atoms with Gasteiger partial charge in [-0.05, 0) is 43.7 Å². The molecule has 158 valence electrons. The van der Waals surface area contributed by atoms with E-state index >= 15 is 0 Å². The first kappa shape index (κ1) is 21.2. The van der Waals surface area contributed by atoms with E-state index in [1.807, 2.05) is 55.5 Å². The molecule has 0 radical (unpaired) electrons. The van der Waals surface area contributed by atoms with E-state index in [9.17, 15) is 0 Å². The molecule has 1 aromatic carbocycles. The average Bonchev–Trinajstić information content (AvgIpc) is 3.30. The maximum absolute atomic E-state index is 6.09. The van der Waals surface area contributed by atoms with Gasteiger partial charge in [0, 0.05) is 18.3 Å². The number of furan rings is 1. The molecule has 0 aliphatic carbocycles. The highest BCUT2D eigenvalue weighted by atomic mass is 16.5. The van der Waals surface area contributed by atoms with E-state index in [4.69, 9.17) is 13.9 Å². The van der Waals surface area contributed by atoms with Crippen LogP contribution in [0.15, 0.2) is 70.4 Å². The minimum Gasteiger partial charge on any atom is -0.490 e. The van der Waals surface area contributed by atoms with E-state index in [2.05, 4.69) is 27.5 Å². The van der Waals surface area contributed by atoms with Crippen molar-refractivity contribution >= 4 is 5.96 Å². The molecule has 0 aliphatic heterocycles. The number of nitrogens with one attached hydrogen (secondary N) is 2. The third-order valence-corrected chi connectivity index (χ3v) is 4.13. The lowest BCUT2D eigenvalue weighted by Crippen LogP contribution is -2.36. The summed E-state index contributed by atoms with van der Waals surface area (Å²) in [5, 5.41) is 6.49. The molecular formula is C23H28N4O3. The number of guanidine groups is 1. The number of hydrogen-bond donors (Lipinski definition) is 2. The Hall–Kier alpha value is -3.48. The van der Waals surface area contributed by atoms with Gasteiger partial charge >= 0.3 is 0 Å². The quantitative estimate of drug-likeness (QED) is 0.379. The van der Waals surface area contributed by atoms with Crippen molar-refractivity contribution in [1.29, 1.82) is 0 Å². The fourth-order valence-electron chi connectivity index (χ4n) is 2.70. The van der Waals surface area contributed by atoms with Gasteiger partial charge in [-0.2, -0.15) is 0 Å². The highest BCUT2D eigenvalue weighted by Crippen LogP contribution is 2.32. The van der Waals surface area contributed by atoms with Crippen molar-refractivity contribution in [2.45, 2.75) is 33.4 Å². The molecule has 0 amide bonds. The Balaban J connectivity index is 1.72. The summed E-state index contributed by atoms with van der Waals surface area (Å²) in [4.78, 5) is 9.06. The van der Waals surface area contributed by atoms with Crippen LogP contribution in [0.3, 0.4) is 0 Å². The van der Waals surface area contributed by atoms with E-state index in [1.165, 1.54) is 0 Å². The molecule has 0 bridgehead atoms. The Morgan fingerprint density at radius 1 is 1.03 bits per heavy atom. The van der Waals surface area contributed by atoms with Gasteiger partial charge < -0.3 is 24.5 Å². The van der Waals surface area contributed by atoms with E-state index in [1.54, 1.807) is 12.5 Å². The predicted octanol–water partition coefficient (Wildman–Crippen LogP) is 4.51. The zero-order chi connectivity index (χ0) is 21.0. The van der Waals surface area contributed by atoms with Crippen LogP contribution in [0.5, 0.6) is 17.4 Å². The molecule has 0 saturated carbocycles. The minimum atomic E-state index is 0.411. The minimum absolute atomic E-state index is 0.411. The number of benzene rings is 1. The number of pyridine rings is 1.